The van der Waals surface area contributed by atoms with Crippen molar-refractivity contribution in [2.45, 2.75) is 33.6 Å². The van der Waals surface area contributed by atoms with E-state index in [0.717, 1.165) is 12.8 Å². The molecule has 0 aliphatic heterocycles. The molecule has 1 aromatic rings. The number of carboxylic acid groups (broad SMARTS) is 1. The van der Waals surface area contributed by atoms with Crippen LogP contribution in [-0.4, -0.2) is 11.1 Å². The van der Waals surface area contributed by atoms with Gasteiger partial charge < -0.3 is 5.11 Å². The highest BCUT2D eigenvalue weighted by molar-refractivity contribution is 5.74. The first kappa shape index (κ1) is 11.2. The van der Waals surface area contributed by atoms with Crippen molar-refractivity contribution in [1.29, 1.82) is 0 Å². The fourth-order valence-corrected chi connectivity index (χ4v) is 2.43. The second-order valence-corrected chi connectivity index (χ2v) is 5.40. The van der Waals surface area contributed by atoms with E-state index in [1.165, 1.54) is 16.7 Å². The monoisotopic (exact) mass is 218 g/mol. The van der Waals surface area contributed by atoms with Gasteiger partial charge in [-0.25, -0.2) is 0 Å². The van der Waals surface area contributed by atoms with Gasteiger partial charge in [0.2, 0.25) is 0 Å². The van der Waals surface area contributed by atoms with E-state index in [2.05, 4.69) is 25.1 Å². The average Bonchev–Trinajstić information content (AvgIpc) is 2.60. The van der Waals surface area contributed by atoms with Crippen LogP contribution in [0.15, 0.2) is 18.2 Å². The van der Waals surface area contributed by atoms with Gasteiger partial charge in [-0.3, -0.25) is 4.79 Å². The number of fused-ring (bicyclic) bond motifs is 1. The van der Waals surface area contributed by atoms with E-state index in [1.807, 2.05) is 13.8 Å². The molecule has 86 valence electrons. The van der Waals surface area contributed by atoms with Crippen LogP contribution >= 0.6 is 0 Å². The lowest BCUT2D eigenvalue weighted by Gasteiger charge is -2.26. The lowest BCUT2D eigenvalue weighted by Crippen LogP contribution is -2.33. The molecular formula is C14H18O2. The van der Waals surface area contributed by atoms with Gasteiger partial charge in [-0.2, -0.15) is 0 Å². The Balaban J connectivity index is 2.26. The molecule has 0 spiro atoms. The van der Waals surface area contributed by atoms with E-state index in [-0.39, 0.29) is 5.92 Å². The Morgan fingerprint density at radius 1 is 1.31 bits per heavy atom. The average molecular weight is 218 g/mol. The maximum absolute atomic E-state index is 11.2. The molecule has 0 bridgehead atoms. The Hall–Kier alpha value is -1.31. The number of carbonyl (C=O) groups is 1. The third kappa shape index (κ3) is 1.73. The number of benzene rings is 1. The van der Waals surface area contributed by atoms with Crippen molar-refractivity contribution in [3.8, 4) is 0 Å². The normalized spacial score (nSPS) is 19.6. The summed E-state index contributed by atoms with van der Waals surface area (Å²) in [7, 11) is 0. The summed E-state index contributed by atoms with van der Waals surface area (Å²) in [5.74, 6) is -0.469. The van der Waals surface area contributed by atoms with Gasteiger partial charge >= 0.3 is 5.97 Å². The Labute approximate surface area is 96.3 Å². The van der Waals surface area contributed by atoms with Crippen molar-refractivity contribution < 1.29 is 9.90 Å². The van der Waals surface area contributed by atoms with Gasteiger partial charge in [0.05, 0.1) is 5.41 Å². The van der Waals surface area contributed by atoms with Crippen LogP contribution < -0.4 is 0 Å². The molecule has 2 nitrogen and oxygen atoms in total. The second-order valence-electron chi connectivity index (χ2n) is 5.40. The number of aryl methyl sites for hydroxylation is 1. The van der Waals surface area contributed by atoms with Crippen LogP contribution in [0.4, 0.5) is 0 Å². The second kappa shape index (κ2) is 3.62. The van der Waals surface area contributed by atoms with Gasteiger partial charge in [0.25, 0.3) is 0 Å². The third-order valence-electron chi connectivity index (χ3n) is 3.87. The van der Waals surface area contributed by atoms with Gasteiger partial charge in [-0.1, -0.05) is 23.8 Å². The number of rotatable bonds is 2. The predicted molar refractivity (Wildman–Crippen MR) is 63.5 cm³/mol. The Morgan fingerprint density at radius 3 is 2.56 bits per heavy atom. The van der Waals surface area contributed by atoms with E-state index in [9.17, 15) is 9.90 Å². The fraction of sp³-hybridized carbons (Fsp3) is 0.500. The number of carboxylic acids is 1. The van der Waals surface area contributed by atoms with Gasteiger partial charge in [-0.05, 0) is 50.7 Å². The summed E-state index contributed by atoms with van der Waals surface area (Å²) < 4.78 is 0. The largest absolute Gasteiger partial charge is 0.481 e. The molecule has 0 heterocycles. The SMILES string of the molecule is Cc1ccc2c(c1)CC(C(C)(C)C(=O)O)C2. The van der Waals surface area contributed by atoms with Gasteiger partial charge in [0.1, 0.15) is 0 Å². The number of hydrogen-bond acceptors (Lipinski definition) is 1. The van der Waals surface area contributed by atoms with Crippen LogP contribution in [0.2, 0.25) is 0 Å². The highest BCUT2D eigenvalue weighted by Crippen LogP contribution is 2.39. The summed E-state index contributed by atoms with van der Waals surface area (Å²) in [6.07, 6.45) is 1.80. The number of aliphatic carboxylic acids is 1. The van der Waals surface area contributed by atoms with E-state index in [4.69, 9.17) is 0 Å². The van der Waals surface area contributed by atoms with Crippen LogP contribution in [0.25, 0.3) is 0 Å². The standard InChI is InChI=1S/C14H18O2/c1-9-4-5-10-7-12(8-11(10)6-9)14(2,3)13(15)16/h4-6,12H,7-8H2,1-3H3,(H,15,16). The molecule has 1 atom stereocenters. The molecular weight excluding hydrogens is 200 g/mol. The Kier molecular flexibility index (Phi) is 2.53. The Morgan fingerprint density at radius 2 is 1.94 bits per heavy atom. The summed E-state index contributed by atoms with van der Waals surface area (Å²) >= 11 is 0. The molecule has 0 amide bonds. The first-order valence-electron chi connectivity index (χ1n) is 5.73. The maximum Gasteiger partial charge on any atom is 0.309 e. The quantitative estimate of drug-likeness (QED) is 0.828. The molecule has 2 rings (SSSR count). The van der Waals surface area contributed by atoms with Crippen molar-refractivity contribution in [3.05, 3.63) is 34.9 Å². The summed E-state index contributed by atoms with van der Waals surface area (Å²) in [6.45, 7) is 5.74. The highest BCUT2D eigenvalue weighted by atomic mass is 16.4. The van der Waals surface area contributed by atoms with Crippen molar-refractivity contribution >= 4 is 5.97 Å². The molecule has 16 heavy (non-hydrogen) atoms. The zero-order valence-corrected chi connectivity index (χ0v) is 10.1. The topological polar surface area (TPSA) is 37.3 Å². The summed E-state index contributed by atoms with van der Waals surface area (Å²) in [6, 6.07) is 6.44. The van der Waals surface area contributed by atoms with Gasteiger partial charge in [-0.15, -0.1) is 0 Å². The molecule has 1 aromatic carbocycles. The lowest BCUT2D eigenvalue weighted by atomic mass is 9.77. The molecule has 1 unspecified atom stereocenters. The lowest BCUT2D eigenvalue weighted by molar-refractivity contribution is -0.149. The van der Waals surface area contributed by atoms with Crippen molar-refractivity contribution in [3.63, 3.8) is 0 Å². The molecule has 0 saturated carbocycles. The van der Waals surface area contributed by atoms with Gasteiger partial charge in [0.15, 0.2) is 0 Å². The zero-order valence-electron chi connectivity index (χ0n) is 10.1. The molecule has 0 saturated heterocycles. The first-order valence-corrected chi connectivity index (χ1v) is 5.73. The van der Waals surface area contributed by atoms with Crippen molar-refractivity contribution in [2.24, 2.45) is 11.3 Å². The third-order valence-corrected chi connectivity index (χ3v) is 3.87. The molecule has 0 aromatic heterocycles. The van der Waals surface area contributed by atoms with E-state index in [1.54, 1.807) is 0 Å². The number of hydrogen-bond donors (Lipinski definition) is 1. The fourth-order valence-electron chi connectivity index (χ4n) is 2.43. The van der Waals surface area contributed by atoms with Gasteiger partial charge in [0, 0.05) is 0 Å². The van der Waals surface area contributed by atoms with E-state index in [0.29, 0.717) is 0 Å². The van der Waals surface area contributed by atoms with Crippen LogP contribution in [0.5, 0.6) is 0 Å². The smallest absolute Gasteiger partial charge is 0.309 e. The molecule has 1 aliphatic rings. The molecule has 0 radical (unpaired) electrons. The molecule has 0 fully saturated rings. The maximum atomic E-state index is 11.2. The molecule has 1 N–H and O–H groups in total. The van der Waals surface area contributed by atoms with E-state index >= 15 is 0 Å². The van der Waals surface area contributed by atoms with E-state index < -0.39 is 11.4 Å². The van der Waals surface area contributed by atoms with Crippen LogP contribution in [0.1, 0.15) is 30.5 Å². The van der Waals surface area contributed by atoms with Crippen LogP contribution in [0, 0.1) is 18.3 Å². The van der Waals surface area contributed by atoms with Crippen molar-refractivity contribution in [1.82, 2.24) is 0 Å². The molecule has 1 aliphatic carbocycles. The predicted octanol–water partition coefficient (Wildman–Crippen LogP) is 2.82. The minimum absolute atomic E-state index is 0.224. The summed E-state index contributed by atoms with van der Waals surface area (Å²) in [4.78, 5) is 11.2. The summed E-state index contributed by atoms with van der Waals surface area (Å²) in [5, 5.41) is 9.24. The van der Waals surface area contributed by atoms with Crippen LogP contribution in [-0.2, 0) is 17.6 Å². The minimum Gasteiger partial charge on any atom is -0.481 e. The zero-order chi connectivity index (χ0) is 11.9. The molecule has 2 heteroatoms. The Bertz CT molecular complexity index is 432. The summed E-state index contributed by atoms with van der Waals surface area (Å²) in [5.41, 5.74) is 3.28. The minimum atomic E-state index is -0.693. The van der Waals surface area contributed by atoms with Crippen LogP contribution in [0.3, 0.4) is 0 Å². The van der Waals surface area contributed by atoms with Crippen molar-refractivity contribution in [2.75, 3.05) is 0 Å². The first-order chi connectivity index (χ1) is 7.41. The highest BCUT2D eigenvalue weighted by Gasteiger charge is 2.39.